The Hall–Kier alpha value is -0.530. The fraction of sp³-hybridized carbons (Fsp3) is 0.571. The number of nitrogens with one attached hydrogen (secondary N) is 1. The highest BCUT2D eigenvalue weighted by Crippen LogP contribution is 2.38. The molecule has 1 aliphatic rings. The minimum absolute atomic E-state index is 0.764. The normalized spacial score (nSPS) is 17.4. The lowest BCUT2D eigenvalue weighted by molar-refractivity contribution is 0.429. The molecule has 1 saturated carbocycles. The Morgan fingerprint density at radius 2 is 2.12 bits per heavy atom. The van der Waals surface area contributed by atoms with Gasteiger partial charge in [0.15, 0.2) is 0 Å². The summed E-state index contributed by atoms with van der Waals surface area (Å²) in [5, 5.41) is 4.39. The molecule has 1 aromatic carbocycles. The van der Waals surface area contributed by atoms with E-state index in [9.17, 15) is 0 Å². The molecule has 1 unspecified atom stereocenters. The molecular formula is C14H20ClN. The van der Waals surface area contributed by atoms with Crippen LogP contribution in [-0.2, 0) is 6.42 Å². The molecule has 0 spiro atoms. The van der Waals surface area contributed by atoms with Gasteiger partial charge in [0.25, 0.3) is 0 Å². The standard InChI is InChI=1S/C14H20ClN/c1-2-16-10-13(11-7-8-11)9-12-5-3-4-6-14(12)15/h3-6,11,13,16H,2,7-10H2,1H3. The average Bonchev–Trinajstić information content (AvgIpc) is 3.10. The van der Waals surface area contributed by atoms with Gasteiger partial charge >= 0.3 is 0 Å². The molecule has 16 heavy (non-hydrogen) atoms. The van der Waals surface area contributed by atoms with Crippen LogP contribution in [-0.4, -0.2) is 13.1 Å². The molecule has 1 nitrogen and oxygen atoms in total. The Morgan fingerprint density at radius 3 is 2.75 bits per heavy atom. The molecule has 0 amide bonds. The number of halogens is 1. The van der Waals surface area contributed by atoms with Gasteiger partial charge in [-0.15, -0.1) is 0 Å². The SMILES string of the molecule is CCNCC(Cc1ccccc1Cl)C1CC1. The summed E-state index contributed by atoms with van der Waals surface area (Å²) >= 11 is 6.21. The molecule has 0 heterocycles. The maximum absolute atomic E-state index is 6.21. The van der Waals surface area contributed by atoms with Gasteiger partial charge < -0.3 is 5.32 Å². The predicted octanol–water partition coefficient (Wildman–Crippen LogP) is 3.52. The zero-order valence-electron chi connectivity index (χ0n) is 9.88. The molecular weight excluding hydrogens is 218 g/mol. The maximum atomic E-state index is 6.21. The Morgan fingerprint density at radius 1 is 1.38 bits per heavy atom. The molecule has 2 rings (SSSR count). The lowest BCUT2D eigenvalue weighted by atomic mass is 9.94. The molecule has 1 N–H and O–H groups in total. The first kappa shape index (κ1) is 11.9. The molecule has 0 radical (unpaired) electrons. The van der Waals surface area contributed by atoms with E-state index in [0.29, 0.717) is 0 Å². The fourth-order valence-electron chi connectivity index (χ4n) is 2.25. The summed E-state index contributed by atoms with van der Waals surface area (Å²) in [5.74, 6) is 1.69. The van der Waals surface area contributed by atoms with Crippen LogP contribution in [0.4, 0.5) is 0 Å². The van der Waals surface area contributed by atoms with Gasteiger partial charge in [-0.3, -0.25) is 0 Å². The third-order valence-electron chi connectivity index (χ3n) is 3.39. The van der Waals surface area contributed by atoms with Crippen molar-refractivity contribution in [3.8, 4) is 0 Å². The van der Waals surface area contributed by atoms with E-state index in [1.807, 2.05) is 12.1 Å². The van der Waals surface area contributed by atoms with Crippen molar-refractivity contribution in [2.24, 2.45) is 11.8 Å². The molecule has 0 aromatic heterocycles. The molecule has 0 aliphatic heterocycles. The van der Waals surface area contributed by atoms with Gasteiger partial charge in [-0.05, 0) is 55.8 Å². The zero-order chi connectivity index (χ0) is 11.4. The molecule has 1 aromatic rings. The van der Waals surface area contributed by atoms with Crippen molar-refractivity contribution in [1.82, 2.24) is 5.32 Å². The molecule has 1 atom stereocenters. The van der Waals surface area contributed by atoms with Crippen molar-refractivity contribution in [2.45, 2.75) is 26.2 Å². The van der Waals surface area contributed by atoms with Crippen molar-refractivity contribution in [1.29, 1.82) is 0 Å². The second-order valence-electron chi connectivity index (χ2n) is 4.70. The van der Waals surface area contributed by atoms with Crippen molar-refractivity contribution >= 4 is 11.6 Å². The first-order valence-electron chi connectivity index (χ1n) is 6.25. The smallest absolute Gasteiger partial charge is 0.0438 e. The maximum Gasteiger partial charge on any atom is 0.0438 e. The lowest BCUT2D eigenvalue weighted by Crippen LogP contribution is -2.25. The Bertz CT molecular complexity index is 333. The summed E-state index contributed by atoms with van der Waals surface area (Å²) in [6, 6.07) is 8.23. The molecule has 2 heteroatoms. The third kappa shape index (κ3) is 3.23. The highest BCUT2D eigenvalue weighted by molar-refractivity contribution is 6.31. The number of benzene rings is 1. The summed E-state index contributed by atoms with van der Waals surface area (Å²) in [6.45, 7) is 4.36. The van der Waals surface area contributed by atoms with Crippen LogP contribution < -0.4 is 5.32 Å². The Kier molecular flexibility index (Phi) is 4.25. The quantitative estimate of drug-likeness (QED) is 0.799. The van der Waals surface area contributed by atoms with Crippen LogP contribution in [0.5, 0.6) is 0 Å². The second kappa shape index (κ2) is 5.70. The minimum Gasteiger partial charge on any atom is -0.317 e. The first-order chi connectivity index (χ1) is 7.81. The second-order valence-corrected chi connectivity index (χ2v) is 5.11. The largest absolute Gasteiger partial charge is 0.317 e. The van der Waals surface area contributed by atoms with Crippen LogP contribution in [0.2, 0.25) is 5.02 Å². The predicted molar refractivity (Wildman–Crippen MR) is 69.9 cm³/mol. The van der Waals surface area contributed by atoms with Crippen LogP contribution in [0.1, 0.15) is 25.3 Å². The molecule has 0 bridgehead atoms. The summed E-state index contributed by atoms with van der Waals surface area (Å²) in [6.07, 6.45) is 3.93. The number of hydrogen-bond acceptors (Lipinski definition) is 1. The van der Waals surface area contributed by atoms with E-state index in [-0.39, 0.29) is 0 Å². The molecule has 0 saturated heterocycles. The minimum atomic E-state index is 0.764. The topological polar surface area (TPSA) is 12.0 Å². The number of rotatable bonds is 6. The summed E-state index contributed by atoms with van der Waals surface area (Å²) in [7, 11) is 0. The van der Waals surface area contributed by atoms with Gasteiger partial charge in [0, 0.05) is 5.02 Å². The molecule has 1 aliphatic carbocycles. The highest BCUT2D eigenvalue weighted by Gasteiger charge is 2.30. The van der Waals surface area contributed by atoms with Crippen LogP contribution in [0.3, 0.4) is 0 Å². The van der Waals surface area contributed by atoms with Gasteiger partial charge in [0.1, 0.15) is 0 Å². The molecule has 1 fully saturated rings. The van der Waals surface area contributed by atoms with Crippen molar-refractivity contribution in [3.05, 3.63) is 34.9 Å². The van der Waals surface area contributed by atoms with Gasteiger partial charge in [-0.2, -0.15) is 0 Å². The lowest BCUT2D eigenvalue weighted by Gasteiger charge is -2.17. The van der Waals surface area contributed by atoms with E-state index in [2.05, 4.69) is 24.4 Å². The first-order valence-corrected chi connectivity index (χ1v) is 6.63. The van der Waals surface area contributed by atoms with Crippen LogP contribution in [0.15, 0.2) is 24.3 Å². The Balaban J connectivity index is 1.97. The van der Waals surface area contributed by atoms with E-state index >= 15 is 0 Å². The van der Waals surface area contributed by atoms with Gasteiger partial charge in [-0.25, -0.2) is 0 Å². The van der Waals surface area contributed by atoms with E-state index in [4.69, 9.17) is 11.6 Å². The van der Waals surface area contributed by atoms with E-state index < -0.39 is 0 Å². The van der Waals surface area contributed by atoms with E-state index in [1.54, 1.807) is 0 Å². The average molecular weight is 238 g/mol. The van der Waals surface area contributed by atoms with Crippen LogP contribution in [0.25, 0.3) is 0 Å². The van der Waals surface area contributed by atoms with Crippen molar-refractivity contribution in [2.75, 3.05) is 13.1 Å². The zero-order valence-corrected chi connectivity index (χ0v) is 10.6. The van der Waals surface area contributed by atoms with Gasteiger partial charge in [0.05, 0.1) is 0 Å². The summed E-state index contributed by atoms with van der Waals surface area (Å²) < 4.78 is 0. The van der Waals surface area contributed by atoms with Gasteiger partial charge in [0.2, 0.25) is 0 Å². The molecule has 88 valence electrons. The summed E-state index contributed by atoms with van der Waals surface area (Å²) in [4.78, 5) is 0. The number of hydrogen-bond donors (Lipinski definition) is 1. The summed E-state index contributed by atoms with van der Waals surface area (Å²) in [5.41, 5.74) is 1.30. The van der Waals surface area contributed by atoms with Crippen molar-refractivity contribution < 1.29 is 0 Å². The van der Waals surface area contributed by atoms with Gasteiger partial charge in [-0.1, -0.05) is 36.7 Å². The highest BCUT2D eigenvalue weighted by atomic mass is 35.5. The van der Waals surface area contributed by atoms with E-state index in [0.717, 1.165) is 36.4 Å². The van der Waals surface area contributed by atoms with Crippen molar-refractivity contribution in [3.63, 3.8) is 0 Å². The van der Waals surface area contributed by atoms with Crippen LogP contribution >= 0.6 is 11.6 Å². The van der Waals surface area contributed by atoms with Crippen LogP contribution in [0, 0.1) is 11.8 Å². The Labute approximate surface area is 103 Å². The monoisotopic (exact) mass is 237 g/mol. The van der Waals surface area contributed by atoms with E-state index in [1.165, 1.54) is 18.4 Å². The third-order valence-corrected chi connectivity index (χ3v) is 3.75. The fourth-order valence-corrected chi connectivity index (χ4v) is 2.46.